The van der Waals surface area contributed by atoms with Gasteiger partial charge in [-0.2, -0.15) is 0 Å². The second-order valence-corrected chi connectivity index (χ2v) is 21.2. The van der Waals surface area contributed by atoms with Gasteiger partial charge in [0.25, 0.3) is 6.71 Å². The van der Waals surface area contributed by atoms with Crippen LogP contribution in [0, 0.1) is 0 Å². The van der Waals surface area contributed by atoms with Crippen molar-refractivity contribution in [3.8, 4) is 0 Å². The van der Waals surface area contributed by atoms with Crippen molar-refractivity contribution in [3.05, 3.63) is 197 Å². The Hall–Kier alpha value is -7.36. The van der Waals surface area contributed by atoms with Gasteiger partial charge in [-0.15, -0.1) is 0 Å². The number of anilines is 6. The van der Waals surface area contributed by atoms with Gasteiger partial charge in [-0.05, 0) is 190 Å². The van der Waals surface area contributed by atoms with E-state index in [2.05, 4.69) is 201 Å². The van der Waals surface area contributed by atoms with Gasteiger partial charge in [-0.1, -0.05) is 161 Å². The summed E-state index contributed by atoms with van der Waals surface area (Å²) in [7, 11) is 0. The zero-order valence-corrected chi connectivity index (χ0v) is 40.0. The van der Waals surface area contributed by atoms with Gasteiger partial charge in [-0.3, -0.25) is 0 Å². The van der Waals surface area contributed by atoms with Crippen LogP contribution >= 0.6 is 0 Å². The van der Waals surface area contributed by atoms with Crippen LogP contribution in [0.1, 0.15) is 85.8 Å². The van der Waals surface area contributed by atoms with Crippen molar-refractivity contribution >= 4 is 122 Å². The molecule has 0 saturated heterocycles. The Bertz CT molecular complexity index is 3980. The Labute approximate surface area is 404 Å². The van der Waals surface area contributed by atoms with Gasteiger partial charge >= 0.3 is 0 Å². The van der Waals surface area contributed by atoms with Crippen LogP contribution in [0.5, 0.6) is 0 Å². The summed E-state index contributed by atoms with van der Waals surface area (Å²) in [6.07, 6.45) is 6.90. The van der Waals surface area contributed by atoms with Crippen molar-refractivity contribution in [2.45, 2.75) is 78.1 Å². The monoisotopic (exact) mass is 884 g/mol. The first-order valence-corrected chi connectivity index (χ1v) is 25.7. The van der Waals surface area contributed by atoms with Gasteiger partial charge in [0.15, 0.2) is 0 Å². The molecule has 0 N–H and O–H groups in total. The molecule has 11 aromatic rings. The van der Waals surface area contributed by atoms with Crippen LogP contribution in [-0.4, -0.2) is 6.71 Å². The summed E-state index contributed by atoms with van der Waals surface area (Å²) in [5.74, 6) is 0.853. The molecular formula is C66H53BN2. The molecule has 0 spiro atoms. The maximum absolute atomic E-state index is 2.77. The van der Waals surface area contributed by atoms with Gasteiger partial charge in [-0.25, -0.2) is 0 Å². The first-order valence-electron chi connectivity index (χ1n) is 25.7. The molecule has 2 heterocycles. The highest BCUT2D eigenvalue weighted by Crippen LogP contribution is 2.53. The number of benzene rings is 11. The van der Waals surface area contributed by atoms with Gasteiger partial charge in [0, 0.05) is 33.8 Å². The van der Waals surface area contributed by atoms with Crippen molar-refractivity contribution < 1.29 is 0 Å². The summed E-state index contributed by atoms with van der Waals surface area (Å²) in [6, 6.07) is 63.5. The summed E-state index contributed by atoms with van der Waals surface area (Å²) in [6.45, 7) is 9.78. The molecule has 2 aliphatic heterocycles. The third kappa shape index (κ3) is 5.34. The molecule has 0 amide bonds. The summed E-state index contributed by atoms with van der Waals surface area (Å²) in [5, 5.41) is 15.8. The molecule has 2 nitrogen and oxygen atoms in total. The molecule has 330 valence electrons. The van der Waals surface area contributed by atoms with Crippen LogP contribution in [0.4, 0.5) is 34.1 Å². The average Bonchev–Trinajstić information content (AvgIpc) is 4.10. The highest BCUT2D eigenvalue weighted by atomic mass is 15.2. The van der Waals surface area contributed by atoms with E-state index < -0.39 is 0 Å². The second kappa shape index (κ2) is 14.6. The van der Waals surface area contributed by atoms with E-state index in [0.717, 1.165) is 25.7 Å². The van der Waals surface area contributed by atoms with Crippen LogP contribution in [0.3, 0.4) is 0 Å². The average molecular weight is 885 g/mol. The van der Waals surface area contributed by atoms with Crippen LogP contribution in [0.2, 0.25) is 0 Å². The second-order valence-electron chi connectivity index (χ2n) is 21.2. The molecule has 0 aromatic heterocycles. The van der Waals surface area contributed by atoms with E-state index in [9.17, 15) is 0 Å². The lowest BCUT2D eigenvalue weighted by molar-refractivity contribution is 0.839. The molecule has 3 heteroatoms. The van der Waals surface area contributed by atoms with Crippen molar-refractivity contribution in [2.24, 2.45) is 0 Å². The standard InChI is InChI=1S/C66H53BN2/c1-38(2)55-36-58-65(53-28-13-25-48(53)55)68(40-33-34-50-43-19-6-5-17-41(43)42-18-8-10-23-47(42)57(50)35-40)61-31-16-32-62-64(61)67(58)59-37-56(39(3)4)49-26-14-29-54(49)66(59)69(62)60-30-15-27-52-46-21-9-7-20-44(46)45-22-11-12-24-51(45)63(52)60/h5-12,15-24,27,30-39H,13-14,25-26,28-29H2,1-4H3. The Morgan fingerprint density at radius 3 is 1.28 bits per heavy atom. The molecule has 15 rings (SSSR count). The van der Waals surface area contributed by atoms with E-state index >= 15 is 0 Å². The van der Waals surface area contributed by atoms with E-state index in [1.165, 1.54) is 128 Å². The third-order valence-corrected chi connectivity index (χ3v) is 17.0. The fourth-order valence-electron chi connectivity index (χ4n) is 14.3. The minimum Gasteiger partial charge on any atom is -0.311 e. The highest BCUT2D eigenvalue weighted by Gasteiger charge is 2.47. The van der Waals surface area contributed by atoms with Crippen LogP contribution in [0.25, 0.3) is 64.6 Å². The molecule has 69 heavy (non-hydrogen) atoms. The van der Waals surface area contributed by atoms with Gasteiger partial charge in [0.1, 0.15) is 0 Å². The summed E-state index contributed by atoms with van der Waals surface area (Å²) < 4.78 is 0. The fourth-order valence-corrected chi connectivity index (χ4v) is 14.3. The Morgan fingerprint density at radius 2 is 0.754 bits per heavy atom. The SMILES string of the molecule is CC(C)c1cc2c(c3c1CCC3)N(c1ccc3c4ccccc4c4ccccc4c3c1)c1cccc3c1B2c1cc(C(C)C)c2c(c1N3c1cccc3c4ccccc4c4ccccc4c13)CCC2. The van der Waals surface area contributed by atoms with Gasteiger partial charge < -0.3 is 9.80 Å². The molecule has 0 saturated carbocycles. The summed E-state index contributed by atoms with van der Waals surface area (Å²) in [4.78, 5) is 5.50. The number of rotatable bonds is 4. The molecule has 0 radical (unpaired) electrons. The van der Waals surface area contributed by atoms with Crippen molar-refractivity contribution in [1.29, 1.82) is 0 Å². The number of nitrogens with zero attached hydrogens (tertiary/aromatic N) is 2. The topological polar surface area (TPSA) is 6.48 Å². The summed E-state index contributed by atoms with van der Waals surface area (Å²) >= 11 is 0. The molecule has 4 aliphatic rings. The highest BCUT2D eigenvalue weighted by molar-refractivity contribution is 7.00. The molecule has 0 fully saturated rings. The first kappa shape index (κ1) is 39.6. The fraction of sp³-hybridized carbons (Fsp3) is 0.182. The Balaban J connectivity index is 1.09. The quantitative estimate of drug-likeness (QED) is 0.128. The maximum atomic E-state index is 2.77. The molecular weight excluding hydrogens is 832 g/mol. The summed E-state index contributed by atoms with van der Waals surface area (Å²) in [5.41, 5.74) is 21.8. The molecule has 0 atom stereocenters. The van der Waals surface area contributed by atoms with Crippen LogP contribution < -0.4 is 26.2 Å². The Morgan fingerprint density at radius 1 is 0.362 bits per heavy atom. The molecule has 2 aliphatic carbocycles. The largest absolute Gasteiger partial charge is 0.311 e. The van der Waals surface area contributed by atoms with Crippen molar-refractivity contribution in [2.75, 3.05) is 9.80 Å². The number of fused-ring (bicyclic) bond motifs is 20. The third-order valence-electron chi connectivity index (χ3n) is 17.0. The molecule has 11 aromatic carbocycles. The van der Waals surface area contributed by atoms with E-state index in [-0.39, 0.29) is 6.71 Å². The zero-order valence-electron chi connectivity index (χ0n) is 40.0. The van der Waals surface area contributed by atoms with E-state index in [0.29, 0.717) is 11.8 Å². The number of hydrogen-bond donors (Lipinski definition) is 0. The maximum Gasteiger partial charge on any atom is 0.252 e. The minimum absolute atomic E-state index is 0.0817. The van der Waals surface area contributed by atoms with Gasteiger partial charge in [0.2, 0.25) is 0 Å². The smallest absolute Gasteiger partial charge is 0.252 e. The normalized spacial score (nSPS) is 14.8. The lowest BCUT2D eigenvalue weighted by Gasteiger charge is -2.46. The molecule has 0 bridgehead atoms. The Kier molecular flexibility index (Phi) is 8.37. The van der Waals surface area contributed by atoms with Crippen molar-refractivity contribution in [1.82, 2.24) is 0 Å². The lowest BCUT2D eigenvalue weighted by atomic mass is 9.32. The lowest BCUT2D eigenvalue weighted by Crippen LogP contribution is -2.62. The van der Waals surface area contributed by atoms with E-state index in [1.807, 2.05) is 0 Å². The zero-order chi connectivity index (χ0) is 45.8. The van der Waals surface area contributed by atoms with Crippen LogP contribution in [-0.2, 0) is 25.7 Å². The first-order chi connectivity index (χ1) is 33.9. The van der Waals surface area contributed by atoms with Crippen molar-refractivity contribution in [3.63, 3.8) is 0 Å². The predicted octanol–water partition coefficient (Wildman–Crippen LogP) is 15.9. The van der Waals surface area contributed by atoms with Gasteiger partial charge in [0.05, 0.1) is 5.69 Å². The van der Waals surface area contributed by atoms with E-state index in [1.54, 1.807) is 33.4 Å². The number of hydrogen-bond acceptors (Lipinski definition) is 2. The molecule has 0 unspecified atom stereocenters. The van der Waals surface area contributed by atoms with E-state index in [4.69, 9.17) is 0 Å². The minimum atomic E-state index is 0.0817. The predicted molar refractivity (Wildman–Crippen MR) is 298 cm³/mol. The van der Waals surface area contributed by atoms with Crippen LogP contribution in [0.15, 0.2) is 164 Å².